The van der Waals surface area contributed by atoms with E-state index in [0.717, 1.165) is 11.0 Å². The normalized spacial score (nSPS) is 11.2. The number of imidazole rings is 1. The van der Waals surface area contributed by atoms with Crippen LogP contribution in [0.1, 0.15) is 6.92 Å². The smallest absolute Gasteiger partial charge is 0.144 e. The standard InChI is InChI=1S/C15H12Cl2N2O/c1-2-19-14-11(17)4-3-5-12(14)18-15(19)10-7-6-9(16)8-13(10)20/h3-8,20H,2H2,1H3. The SMILES string of the molecule is CCn1c(-c2ccc(Cl)cc2O)nc2cccc(Cl)c21. The second kappa shape index (κ2) is 5.00. The molecule has 3 rings (SSSR count). The molecule has 0 atom stereocenters. The van der Waals surface area contributed by atoms with Gasteiger partial charge in [-0.1, -0.05) is 29.3 Å². The highest BCUT2D eigenvalue weighted by molar-refractivity contribution is 6.35. The number of hydrogen-bond donors (Lipinski definition) is 1. The van der Waals surface area contributed by atoms with Crippen molar-refractivity contribution in [1.82, 2.24) is 9.55 Å². The molecule has 2 aromatic carbocycles. The Hall–Kier alpha value is -1.71. The number of phenolic OH excluding ortho intramolecular Hbond substituents is 1. The van der Waals surface area contributed by atoms with Gasteiger partial charge in [0, 0.05) is 11.6 Å². The summed E-state index contributed by atoms with van der Waals surface area (Å²) in [5.74, 6) is 0.795. The van der Waals surface area contributed by atoms with Gasteiger partial charge in [-0.25, -0.2) is 4.98 Å². The fourth-order valence-corrected chi connectivity index (χ4v) is 2.79. The molecular formula is C15H12Cl2N2O. The number of para-hydroxylation sites is 1. The third kappa shape index (κ3) is 2.03. The van der Waals surface area contributed by atoms with Crippen LogP contribution in [0.15, 0.2) is 36.4 Å². The Balaban J connectivity index is 2.33. The van der Waals surface area contributed by atoms with Gasteiger partial charge in [-0.05, 0) is 37.3 Å². The van der Waals surface area contributed by atoms with Crippen LogP contribution in [-0.2, 0) is 6.54 Å². The summed E-state index contributed by atoms with van der Waals surface area (Å²) in [6.45, 7) is 2.72. The topological polar surface area (TPSA) is 38.0 Å². The molecule has 0 aliphatic heterocycles. The van der Waals surface area contributed by atoms with Gasteiger partial charge in [0.2, 0.25) is 0 Å². The molecule has 5 heteroatoms. The molecule has 0 amide bonds. The highest BCUT2D eigenvalue weighted by Crippen LogP contribution is 2.34. The van der Waals surface area contributed by atoms with Gasteiger partial charge in [-0.2, -0.15) is 0 Å². The minimum atomic E-state index is 0.110. The first kappa shape index (κ1) is 13.3. The van der Waals surface area contributed by atoms with Crippen molar-refractivity contribution in [1.29, 1.82) is 0 Å². The third-order valence-electron chi connectivity index (χ3n) is 3.23. The molecule has 0 saturated carbocycles. The van der Waals surface area contributed by atoms with E-state index in [4.69, 9.17) is 23.2 Å². The van der Waals surface area contributed by atoms with Crippen LogP contribution in [0.5, 0.6) is 5.75 Å². The van der Waals surface area contributed by atoms with Crippen LogP contribution >= 0.6 is 23.2 Å². The lowest BCUT2D eigenvalue weighted by atomic mass is 10.2. The van der Waals surface area contributed by atoms with Crippen molar-refractivity contribution in [2.45, 2.75) is 13.5 Å². The molecule has 20 heavy (non-hydrogen) atoms. The van der Waals surface area contributed by atoms with Crippen LogP contribution in [0.25, 0.3) is 22.4 Å². The van der Waals surface area contributed by atoms with Gasteiger partial charge >= 0.3 is 0 Å². The van der Waals surface area contributed by atoms with Crippen molar-refractivity contribution in [3.8, 4) is 17.1 Å². The number of aryl methyl sites for hydroxylation is 1. The van der Waals surface area contributed by atoms with Crippen LogP contribution in [0, 0.1) is 0 Å². The van der Waals surface area contributed by atoms with E-state index in [2.05, 4.69) is 4.98 Å². The molecule has 102 valence electrons. The number of nitrogens with zero attached hydrogens (tertiary/aromatic N) is 2. The quantitative estimate of drug-likeness (QED) is 0.743. The predicted octanol–water partition coefficient (Wildman–Crippen LogP) is 4.74. The van der Waals surface area contributed by atoms with Gasteiger partial charge in [-0.3, -0.25) is 0 Å². The first-order chi connectivity index (χ1) is 9.61. The summed E-state index contributed by atoms with van der Waals surface area (Å²) in [4.78, 5) is 4.58. The van der Waals surface area contributed by atoms with E-state index in [9.17, 15) is 5.11 Å². The molecule has 1 heterocycles. The number of rotatable bonds is 2. The van der Waals surface area contributed by atoms with Gasteiger partial charge in [0.25, 0.3) is 0 Å². The monoisotopic (exact) mass is 306 g/mol. The first-order valence-corrected chi connectivity index (χ1v) is 7.01. The highest BCUT2D eigenvalue weighted by atomic mass is 35.5. The molecule has 3 aromatic rings. The Morgan fingerprint density at radius 1 is 1.20 bits per heavy atom. The van der Waals surface area contributed by atoms with Crippen molar-refractivity contribution >= 4 is 34.2 Å². The average molecular weight is 307 g/mol. The second-order valence-corrected chi connectivity index (χ2v) is 5.29. The summed E-state index contributed by atoms with van der Waals surface area (Å²) < 4.78 is 1.99. The summed E-state index contributed by atoms with van der Waals surface area (Å²) in [6, 6.07) is 10.6. The van der Waals surface area contributed by atoms with Gasteiger partial charge in [0.1, 0.15) is 11.6 Å². The molecule has 0 aliphatic rings. The lowest BCUT2D eigenvalue weighted by Gasteiger charge is -2.08. The van der Waals surface area contributed by atoms with Gasteiger partial charge in [0.15, 0.2) is 0 Å². The number of aromatic hydroxyl groups is 1. The van der Waals surface area contributed by atoms with Crippen molar-refractivity contribution < 1.29 is 5.11 Å². The van der Waals surface area contributed by atoms with Crippen LogP contribution < -0.4 is 0 Å². The summed E-state index contributed by atoms with van der Waals surface area (Å²) >= 11 is 12.1. The van der Waals surface area contributed by atoms with E-state index in [-0.39, 0.29) is 5.75 Å². The number of hydrogen-bond acceptors (Lipinski definition) is 2. The largest absolute Gasteiger partial charge is 0.507 e. The fraction of sp³-hybridized carbons (Fsp3) is 0.133. The summed E-state index contributed by atoms with van der Waals surface area (Å²) in [7, 11) is 0. The summed E-state index contributed by atoms with van der Waals surface area (Å²) in [5, 5.41) is 11.2. The van der Waals surface area contributed by atoms with Crippen LogP contribution in [0.3, 0.4) is 0 Å². The second-order valence-electron chi connectivity index (χ2n) is 4.45. The molecule has 0 radical (unpaired) electrons. The maximum atomic E-state index is 10.1. The number of aromatic nitrogens is 2. The molecule has 1 N–H and O–H groups in total. The fourth-order valence-electron chi connectivity index (χ4n) is 2.35. The van der Waals surface area contributed by atoms with Crippen molar-refractivity contribution in [2.24, 2.45) is 0 Å². The average Bonchev–Trinajstić information content (AvgIpc) is 2.78. The Morgan fingerprint density at radius 2 is 2.00 bits per heavy atom. The van der Waals surface area contributed by atoms with Crippen LogP contribution in [-0.4, -0.2) is 14.7 Å². The lowest BCUT2D eigenvalue weighted by Crippen LogP contribution is -1.98. The van der Waals surface area contributed by atoms with E-state index in [1.807, 2.05) is 29.7 Å². The van der Waals surface area contributed by atoms with E-state index in [1.165, 1.54) is 6.07 Å². The van der Waals surface area contributed by atoms with Crippen LogP contribution in [0.2, 0.25) is 10.0 Å². The van der Waals surface area contributed by atoms with E-state index in [1.54, 1.807) is 12.1 Å². The molecule has 0 fully saturated rings. The number of halogens is 2. The Morgan fingerprint density at radius 3 is 2.70 bits per heavy atom. The molecule has 0 spiro atoms. The van der Waals surface area contributed by atoms with Gasteiger partial charge in [0.05, 0.1) is 21.6 Å². The van der Waals surface area contributed by atoms with E-state index >= 15 is 0 Å². The summed E-state index contributed by atoms with van der Waals surface area (Å²) in [6.07, 6.45) is 0. The first-order valence-electron chi connectivity index (χ1n) is 6.25. The minimum Gasteiger partial charge on any atom is -0.507 e. The predicted molar refractivity (Wildman–Crippen MR) is 82.5 cm³/mol. The lowest BCUT2D eigenvalue weighted by molar-refractivity contribution is 0.476. The maximum Gasteiger partial charge on any atom is 0.144 e. The van der Waals surface area contributed by atoms with Crippen molar-refractivity contribution in [3.63, 3.8) is 0 Å². The van der Waals surface area contributed by atoms with Crippen molar-refractivity contribution in [3.05, 3.63) is 46.4 Å². The van der Waals surface area contributed by atoms with Crippen LogP contribution in [0.4, 0.5) is 0 Å². The number of phenols is 1. The number of fused-ring (bicyclic) bond motifs is 1. The highest BCUT2D eigenvalue weighted by Gasteiger charge is 2.16. The number of benzene rings is 2. The molecule has 0 aliphatic carbocycles. The Labute approximate surface area is 126 Å². The van der Waals surface area contributed by atoms with Gasteiger partial charge < -0.3 is 9.67 Å². The van der Waals surface area contributed by atoms with E-state index in [0.29, 0.717) is 28.0 Å². The molecule has 3 nitrogen and oxygen atoms in total. The zero-order chi connectivity index (χ0) is 14.3. The zero-order valence-corrected chi connectivity index (χ0v) is 12.3. The molecular weight excluding hydrogens is 295 g/mol. The zero-order valence-electron chi connectivity index (χ0n) is 10.8. The van der Waals surface area contributed by atoms with Crippen molar-refractivity contribution in [2.75, 3.05) is 0 Å². The molecule has 0 saturated heterocycles. The van der Waals surface area contributed by atoms with Gasteiger partial charge in [-0.15, -0.1) is 0 Å². The molecule has 0 unspecified atom stereocenters. The summed E-state index contributed by atoms with van der Waals surface area (Å²) in [5.41, 5.74) is 2.33. The Bertz CT molecular complexity index is 796. The third-order valence-corrected chi connectivity index (χ3v) is 3.77. The van der Waals surface area contributed by atoms with E-state index < -0.39 is 0 Å². The maximum absolute atomic E-state index is 10.1. The Kier molecular flexibility index (Phi) is 3.32. The minimum absolute atomic E-state index is 0.110. The molecule has 0 bridgehead atoms. The molecule has 1 aromatic heterocycles.